The summed E-state index contributed by atoms with van der Waals surface area (Å²) >= 11 is 0. The monoisotopic (exact) mass is 401 g/mol. The van der Waals surface area contributed by atoms with Gasteiger partial charge in [-0.2, -0.15) is 0 Å². The molecule has 2 aromatic carbocycles. The van der Waals surface area contributed by atoms with E-state index in [1.54, 1.807) is 19.2 Å². The average Bonchev–Trinajstić information content (AvgIpc) is 2.78. The van der Waals surface area contributed by atoms with Gasteiger partial charge in [-0.25, -0.2) is 0 Å². The van der Waals surface area contributed by atoms with Crippen LogP contribution in [0.2, 0.25) is 0 Å². The zero-order chi connectivity index (χ0) is 21.1. The molecule has 0 radical (unpaired) electrons. The van der Waals surface area contributed by atoms with E-state index in [0.717, 1.165) is 29.7 Å². The van der Waals surface area contributed by atoms with Gasteiger partial charge < -0.3 is 4.74 Å². The topological polar surface area (TPSA) is 52.4 Å². The minimum atomic E-state index is -0.385. The summed E-state index contributed by atoms with van der Waals surface area (Å²) in [6.07, 6.45) is 7.67. The fraction of sp³-hybridized carbons (Fsp3) is 0.385. The average molecular weight is 402 g/mol. The van der Waals surface area contributed by atoms with E-state index in [0.29, 0.717) is 12.3 Å². The second-order valence-corrected chi connectivity index (χ2v) is 8.36. The van der Waals surface area contributed by atoms with Crippen molar-refractivity contribution in [3.8, 4) is 17.6 Å². The third-order valence-electron chi connectivity index (χ3n) is 6.73. The normalized spacial score (nSPS) is 22.1. The second-order valence-electron chi connectivity index (χ2n) is 8.36. The first-order chi connectivity index (χ1) is 14.5. The standard InChI is InChI=1S/C26H27NO3/c1-19(20-9-13-23(14-10-20)27(28)29)6-5-17-26-16-4-3-7-22(26)12-8-21-11-15-24(30-2)18-25(21)26/h9-11,13-15,18,22H,1,3-4,6-8,12,16H2,2H3/t22?,26-/m0/s1. The molecule has 0 aromatic heterocycles. The van der Waals surface area contributed by atoms with Gasteiger partial charge in [-0.3, -0.25) is 10.1 Å². The van der Waals surface area contributed by atoms with E-state index in [1.165, 1.54) is 48.9 Å². The summed E-state index contributed by atoms with van der Waals surface area (Å²) in [5, 5.41) is 10.9. The highest BCUT2D eigenvalue weighted by Gasteiger charge is 2.44. The van der Waals surface area contributed by atoms with Crippen molar-refractivity contribution in [2.75, 3.05) is 7.11 Å². The van der Waals surface area contributed by atoms with Crippen molar-refractivity contribution < 1.29 is 9.66 Å². The molecule has 4 heteroatoms. The molecule has 2 aliphatic carbocycles. The summed E-state index contributed by atoms with van der Waals surface area (Å²) in [6.45, 7) is 4.16. The molecule has 0 amide bonds. The Morgan fingerprint density at radius 2 is 2.03 bits per heavy atom. The van der Waals surface area contributed by atoms with Gasteiger partial charge in [-0.05, 0) is 78.1 Å². The van der Waals surface area contributed by atoms with E-state index in [9.17, 15) is 10.1 Å². The SMILES string of the molecule is C=C(CC#C[C@@]12CCCCC1CCc1ccc(OC)cc12)c1ccc([N+](=O)[O-])cc1. The van der Waals surface area contributed by atoms with Gasteiger partial charge in [0.15, 0.2) is 0 Å². The molecule has 4 nitrogen and oxygen atoms in total. The number of fused-ring (bicyclic) bond motifs is 3. The number of nitro groups is 1. The summed E-state index contributed by atoms with van der Waals surface area (Å²) in [4.78, 5) is 10.5. The molecule has 0 bridgehead atoms. The number of hydrogen-bond acceptors (Lipinski definition) is 3. The van der Waals surface area contributed by atoms with Crippen molar-refractivity contribution in [2.45, 2.75) is 50.4 Å². The molecule has 0 spiro atoms. The van der Waals surface area contributed by atoms with E-state index < -0.39 is 0 Å². The molecule has 0 saturated heterocycles. The van der Waals surface area contributed by atoms with Crippen LogP contribution in [0.1, 0.15) is 55.2 Å². The maximum absolute atomic E-state index is 10.9. The molecular formula is C26H27NO3. The van der Waals surface area contributed by atoms with Crippen molar-refractivity contribution >= 4 is 11.3 Å². The Kier molecular flexibility index (Phi) is 5.63. The second kappa shape index (κ2) is 8.36. The van der Waals surface area contributed by atoms with Gasteiger partial charge in [0, 0.05) is 18.6 Å². The van der Waals surface area contributed by atoms with Crippen LogP contribution in [0, 0.1) is 27.9 Å². The van der Waals surface area contributed by atoms with Crippen LogP contribution in [-0.2, 0) is 11.8 Å². The number of methoxy groups -OCH3 is 1. The van der Waals surface area contributed by atoms with E-state index in [-0.39, 0.29) is 16.0 Å². The maximum atomic E-state index is 10.9. The Morgan fingerprint density at radius 1 is 1.23 bits per heavy atom. The highest BCUT2D eigenvalue weighted by molar-refractivity contribution is 5.66. The highest BCUT2D eigenvalue weighted by atomic mass is 16.6. The summed E-state index contributed by atoms with van der Waals surface area (Å²) in [7, 11) is 1.72. The first-order valence-corrected chi connectivity index (χ1v) is 10.6. The third-order valence-corrected chi connectivity index (χ3v) is 6.73. The van der Waals surface area contributed by atoms with Gasteiger partial charge in [0.2, 0.25) is 0 Å². The Hall–Kier alpha value is -3.06. The van der Waals surface area contributed by atoms with Gasteiger partial charge in [-0.15, -0.1) is 0 Å². The Labute approximate surface area is 178 Å². The number of nitrogens with zero attached hydrogens (tertiary/aromatic N) is 1. The van der Waals surface area contributed by atoms with E-state index in [4.69, 9.17) is 4.74 Å². The number of hydrogen-bond donors (Lipinski definition) is 0. The molecule has 0 aliphatic heterocycles. The van der Waals surface area contributed by atoms with Gasteiger partial charge in [-0.1, -0.05) is 37.3 Å². The van der Waals surface area contributed by atoms with Crippen LogP contribution in [-0.4, -0.2) is 12.0 Å². The number of benzene rings is 2. The lowest BCUT2D eigenvalue weighted by molar-refractivity contribution is -0.384. The highest BCUT2D eigenvalue weighted by Crippen LogP contribution is 2.50. The van der Waals surface area contributed by atoms with Crippen molar-refractivity contribution in [3.63, 3.8) is 0 Å². The Bertz CT molecular complexity index is 1030. The Balaban J connectivity index is 1.62. The van der Waals surface area contributed by atoms with Crippen molar-refractivity contribution in [1.29, 1.82) is 0 Å². The molecule has 0 N–H and O–H groups in total. The summed E-state index contributed by atoms with van der Waals surface area (Å²) < 4.78 is 5.52. The molecule has 30 heavy (non-hydrogen) atoms. The fourth-order valence-corrected chi connectivity index (χ4v) is 5.10. The van der Waals surface area contributed by atoms with Gasteiger partial charge in [0.25, 0.3) is 5.69 Å². The molecule has 1 fully saturated rings. The zero-order valence-corrected chi connectivity index (χ0v) is 17.4. The van der Waals surface area contributed by atoms with Crippen LogP contribution in [0.3, 0.4) is 0 Å². The number of non-ortho nitro benzene ring substituents is 1. The number of aryl methyl sites for hydroxylation is 1. The first-order valence-electron chi connectivity index (χ1n) is 10.6. The van der Waals surface area contributed by atoms with Crippen molar-refractivity contribution in [2.24, 2.45) is 5.92 Å². The maximum Gasteiger partial charge on any atom is 0.269 e. The predicted molar refractivity (Wildman–Crippen MR) is 119 cm³/mol. The molecule has 2 aliphatic rings. The minimum Gasteiger partial charge on any atom is -0.497 e. The minimum absolute atomic E-state index is 0.0920. The van der Waals surface area contributed by atoms with Crippen LogP contribution in [0.5, 0.6) is 5.75 Å². The van der Waals surface area contributed by atoms with Gasteiger partial charge in [0.05, 0.1) is 17.4 Å². The van der Waals surface area contributed by atoms with E-state index >= 15 is 0 Å². The number of allylic oxidation sites excluding steroid dienone is 1. The first kappa shape index (κ1) is 20.2. The fourth-order valence-electron chi connectivity index (χ4n) is 5.10. The quantitative estimate of drug-likeness (QED) is 0.354. The van der Waals surface area contributed by atoms with Crippen LogP contribution < -0.4 is 4.74 Å². The van der Waals surface area contributed by atoms with Gasteiger partial charge >= 0.3 is 0 Å². The Morgan fingerprint density at radius 3 is 2.77 bits per heavy atom. The number of nitro benzene ring substituents is 1. The van der Waals surface area contributed by atoms with Crippen molar-refractivity contribution in [3.05, 3.63) is 75.8 Å². The molecule has 1 unspecified atom stereocenters. The molecule has 2 atom stereocenters. The summed E-state index contributed by atoms with van der Waals surface area (Å²) in [5.74, 6) is 8.62. The number of ether oxygens (including phenoxy) is 1. The van der Waals surface area contributed by atoms with E-state index in [2.05, 4.69) is 36.6 Å². The molecular weight excluding hydrogens is 374 g/mol. The largest absolute Gasteiger partial charge is 0.497 e. The molecule has 4 rings (SSSR count). The number of rotatable bonds is 4. The third kappa shape index (κ3) is 3.73. The van der Waals surface area contributed by atoms with Gasteiger partial charge in [0.1, 0.15) is 5.75 Å². The molecule has 2 aromatic rings. The van der Waals surface area contributed by atoms with Crippen molar-refractivity contribution in [1.82, 2.24) is 0 Å². The lowest BCUT2D eigenvalue weighted by Gasteiger charge is -2.45. The summed E-state index contributed by atoms with van der Waals surface area (Å²) in [6, 6.07) is 13.0. The summed E-state index contributed by atoms with van der Waals surface area (Å²) in [5.41, 5.74) is 4.54. The molecule has 0 heterocycles. The zero-order valence-electron chi connectivity index (χ0n) is 17.4. The van der Waals surface area contributed by atoms with Crippen LogP contribution in [0.25, 0.3) is 5.57 Å². The lowest BCUT2D eigenvalue weighted by atomic mass is 9.57. The predicted octanol–water partition coefficient (Wildman–Crippen LogP) is 6.08. The molecule has 154 valence electrons. The molecule has 1 saturated carbocycles. The van der Waals surface area contributed by atoms with Crippen LogP contribution >= 0.6 is 0 Å². The smallest absolute Gasteiger partial charge is 0.269 e. The van der Waals surface area contributed by atoms with Crippen LogP contribution in [0.15, 0.2) is 49.0 Å². The van der Waals surface area contributed by atoms with Crippen LogP contribution in [0.4, 0.5) is 5.69 Å². The van der Waals surface area contributed by atoms with E-state index in [1.807, 2.05) is 0 Å². The lowest BCUT2D eigenvalue weighted by Crippen LogP contribution is -2.41.